The summed E-state index contributed by atoms with van der Waals surface area (Å²) in [5, 5.41) is 8.80. The number of amides is 1. The van der Waals surface area contributed by atoms with Crippen LogP contribution in [-0.2, 0) is 11.3 Å². The number of nitrogens with zero attached hydrogens (tertiary/aromatic N) is 3. The van der Waals surface area contributed by atoms with Gasteiger partial charge in [0.2, 0.25) is 5.91 Å². The van der Waals surface area contributed by atoms with Crippen LogP contribution in [0.4, 0.5) is 4.39 Å². The van der Waals surface area contributed by atoms with Crippen molar-refractivity contribution in [1.29, 1.82) is 0 Å². The standard InChI is InChI=1S/C18H15BrFN3O2S/c1-25-16-7-4-14(19)8-13(16)9-21-22-18-23(17(24)11-26-18)10-12-2-5-15(20)6-3-12/h2-9H,10-11H2,1H3. The molecule has 2 aromatic carbocycles. The maximum absolute atomic E-state index is 13.0. The first kappa shape index (κ1) is 18.6. The number of carbonyl (C=O) groups excluding carboxylic acids is 1. The van der Waals surface area contributed by atoms with Gasteiger partial charge in [0.25, 0.3) is 0 Å². The lowest BCUT2D eigenvalue weighted by atomic mass is 10.2. The number of amidine groups is 1. The minimum absolute atomic E-state index is 0.0479. The minimum Gasteiger partial charge on any atom is -0.496 e. The van der Waals surface area contributed by atoms with E-state index in [0.29, 0.717) is 23.2 Å². The Morgan fingerprint density at radius 3 is 2.81 bits per heavy atom. The Labute approximate surface area is 163 Å². The van der Waals surface area contributed by atoms with Crippen molar-refractivity contribution in [3.63, 3.8) is 0 Å². The molecule has 0 atom stereocenters. The van der Waals surface area contributed by atoms with Gasteiger partial charge in [0, 0.05) is 10.0 Å². The second-order valence-corrected chi connectivity index (χ2v) is 7.27. The Bertz CT molecular complexity index is 871. The topological polar surface area (TPSA) is 54.3 Å². The van der Waals surface area contributed by atoms with Gasteiger partial charge in [0.05, 0.1) is 25.6 Å². The number of halogens is 2. The normalized spacial score (nSPS) is 16.0. The molecule has 1 heterocycles. The van der Waals surface area contributed by atoms with Crippen molar-refractivity contribution >= 4 is 45.0 Å². The summed E-state index contributed by atoms with van der Waals surface area (Å²) in [7, 11) is 1.59. The van der Waals surface area contributed by atoms with E-state index in [4.69, 9.17) is 4.74 Å². The highest BCUT2D eigenvalue weighted by Crippen LogP contribution is 2.23. The van der Waals surface area contributed by atoms with Crippen molar-refractivity contribution in [2.75, 3.05) is 12.9 Å². The first-order valence-corrected chi connectivity index (χ1v) is 9.47. The van der Waals surface area contributed by atoms with E-state index in [1.807, 2.05) is 18.2 Å². The fraction of sp³-hybridized carbons (Fsp3) is 0.167. The SMILES string of the molecule is COc1ccc(Br)cc1C=NN=C1SCC(=O)N1Cc1ccc(F)cc1. The lowest BCUT2D eigenvalue weighted by Crippen LogP contribution is -2.28. The molecule has 0 bridgehead atoms. The first-order chi connectivity index (χ1) is 12.6. The summed E-state index contributed by atoms with van der Waals surface area (Å²) < 4.78 is 19.2. The van der Waals surface area contributed by atoms with Crippen LogP contribution >= 0.6 is 27.7 Å². The highest BCUT2D eigenvalue weighted by Gasteiger charge is 2.28. The number of methoxy groups -OCH3 is 1. The summed E-state index contributed by atoms with van der Waals surface area (Å²) in [4.78, 5) is 13.7. The molecule has 5 nitrogen and oxygen atoms in total. The van der Waals surface area contributed by atoms with E-state index in [1.165, 1.54) is 23.9 Å². The number of ether oxygens (including phenoxy) is 1. The monoisotopic (exact) mass is 435 g/mol. The van der Waals surface area contributed by atoms with Gasteiger partial charge in [0.1, 0.15) is 11.6 Å². The van der Waals surface area contributed by atoms with Gasteiger partial charge in [-0.2, -0.15) is 5.10 Å². The third-order valence-corrected chi connectivity index (χ3v) is 5.09. The Balaban J connectivity index is 1.77. The van der Waals surface area contributed by atoms with Crippen molar-refractivity contribution < 1.29 is 13.9 Å². The van der Waals surface area contributed by atoms with E-state index >= 15 is 0 Å². The molecule has 0 N–H and O–H groups in total. The fourth-order valence-corrected chi connectivity index (χ4v) is 3.56. The number of hydrogen-bond donors (Lipinski definition) is 0. The molecule has 8 heteroatoms. The van der Waals surface area contributed by atoms with Crippen molar-refractivity contribution in [3.8, 4) is 5.75 Å². The van der Waals surface area contributed by atoms with Crippen LogP contribution in [0.5, 0.6) is 5.75 Å². The van der Waals surface area contributed by atoms with Gasteiger partial charge in [-0.25, -0.2) is 4.39 Å². The minimum atomic E-state index is -0.308. The smallest absolute Gasteiger partial charge is 0.239 e. The molecule has 0 spiro atoms. The van der Waals surface area contributed by atoms with Crippen LogP contribution in [0.1, 0.15) is 11.1 Å². The molecule has 1 saturated heterocycles. The van der Waals surface area contributed by atoms with Gasteiger partial charge in [-0.1, -0.05) is 39.8 Å². The molecule has 1 aliphatic heterocycles. The molecule has 0 radical (unpaired) electrons. The van der Waals surface area contributed by atoms with E-state index in [2.05, 4.69) is 26.1 Å². The molecule has 0 aliphatic carbocycles. The molecule has 26 heavy (non-hydrogen) atoms. The zero-order valence-electron chi connectivity index (χ0n) is 13.9. The van der Waals surface area contributed by atoms with Gasteiger partial charge in [-0.05, 0) is 35.9 Å². The molecule has 0 unspecified atom stereocenters. The quantitative estimate of drug-likeness (QED) is 0.525. The van der Waals surface area contributed by atoms with Crippen LogP contribution < -0.4 is 4.74 Å². The second-order valence-electron chi connectivity index (χ2n) is 5.41. The van der Waals surface area contributed by atoms with Crippen molar-refractivity contribution in [2.45, 2.75) is 6.54 Å². The molecule has 1 aliphatic rings. The molecular weight excluding hydrogens is 421 g/mol. The Morgan fingerprint density at radius 1 is 1.31 bits per heavy atom. The van der Waals surface area contributed by atoms with Gasteiger partial charge < -0.3 is 4.74 Å². The number of carbonyl (C=O) groups is 1. The summed E-state index contributed by atoms with van der Waals surface area (Å²) >= 11 is 4.73. The first-order valence-electron chi connectivity index (χ1n) is 7.69. The van der Waals surface area contributed by atoms with Gasteiger partial charge >= 0.3 is 0 Å². The lowest BCUT2D eigenvalue weighted by molar-refractivity contribution is -0.124. The lowest BCUT2D eigenvalue weighted by Gasteiger charge is -2.15. The number of thioether (sulfide) groups is 1. The van der Waals surface area contributed by atoms with Crippen LogP contribution in [0.25, 0.3) is 0 Å². The van der Waals surface area contributed by atoms with Crippen molar-refractivity contribution in [2.24, 2.45) is 10.2 Å². The average Bonchev–Trinajstić information content (AvgIpc) is 2.97. The van der Waals surface area contributed by atoms with Crippen LogP contribution in [0.3, 0.4) is 0 Å². The summed E-state index contributed by atoms with van der Waals surface area (Å²) in [6.07, 6.45) is 1.58. The maximum Gasteiger partial charge on any atom is 0.239 e. The van der Waals surface area contributed by atoms with Crippen molar-refractivity contribution in [3.05, 3.63) is 63.9 Å². The molecule has 0 aromatic heterocycles. The fourth-order valence-electron chi connectivity index (χ4n) is 2.35. The van der Waals surface area contributed by atoms with Crippen LogP contribution in [0, 0.1) is 5.82 Å². The zero-order chi connectivity index (χ0) is 18.5. The third-order valence-electron chi connectivity index (χ3n) is 3.64. The number of hydrogen-bond acceptors (Lipinski definition) is 5. The number of rotatable bonds is 5. The molecular formula is C18H15BrFN3O2S. The second kappa shape index (κ2) is 8.46. The predicted octanol–water partition coefficient (Wildman–Crippen LogP) is 4.06. The van der Waals surface area contributed by atoms with Gasteiger partial charge in [0.15, 0.2) is 5.17 Å². The summed E-state index contributed by atoms with van der Waals surface area (Å²) in [5.41, 5.74) is 1.60. The van der Waals surface area contributed by atoms with E-state index in [0.717, 1.165) is 15.6 Å². The molecule has 1 amide bonds. The van der Waals surface area contributed by atoms with E-state index < -0.39 is 0 Å². The number of benzene rings is 2. The highest BCUT2D eigenvalue weighted by atomic mass is 79.9. The zero-order valence-corrected chi connectivity index (χ0v) is 16.3. The summed E-state index contributed by atoms with van der Waals surface area (Å²) in [6.45, 7) is 0.334. The maximum atomic E-state index is 13.0. The Morgan fingerprint density at radius 2 is 2.08 bits per heavy atom. The van der Waals surface area contributed by atoms with E-state index in [-0.39, 0.29) is 11.7 Å². The molecule has 1 fully saturated rings. The Hall–Kier alpha value is -2.19. The molecule has 0 saturated carbocycles. The largest absolute Gasteiger partial charge is 0.496 e. The highest BCUT2D eigenvalue weighted by molar-refractivity contribution is 9.10. The molecule has 134 valence electrons. The Kier molecular flexibility index (Phi) is 6.05. The molecule has 2 aromatic rings. The summed E-state index contributed by atoms with van der Waals surface area (Å²) in [5.74, 6) is 0.636. The van der Waals surface area contributed by atoms with Crippen LogP contribution in [0.15, 0.2) is 57.1 Å². The van der Waals surface area contributed by atoms with E-state index in [1.54, 1.807) is 30.4 Å². The summed E-state index contributed by atoms with van der Waals surface area (Å²) in [6, 6.07) is 11.6. The van der Waals surface area contributed by atoms with E-state index in [9.17, 15) is 9.18 Å². The van der Waals surface area contributed by atoms with Gasteiger partial charge in [-0.3, -0.25) is 9.69 Å². The average molecular weight is 436 g/mol. The third kappa shape index (κ3) is 4.50. The van der Waals surface area contributed by atoms with Crippen LogP contribution in [-0.4, -0.2) is 35.1 Å². The van der Waals surface area contributed by atoms with Gasteiger partial charge in [-0.15, -0.1) is 5.10 Å². The van der Waals surface area contributed by atoms with Crippen LogP contribution in [0.2, 0.25) is 0 Å². The van der Waals surface area contributed by atoms with Crippen molar-refractivity contribution in [1.82, 2.24) is 4.90 Å². The predicted molar refractivity (Wildman–Crippen MR) is 105 cm³/mol. The molecule has 3 rings (SSSR count).